The van der Waals surface area contributed by atoms with Gasteiger partial charge in [-0.2, -0.15) is 5.10 Å². The van der Waals surface area contributed by atoms with Crippen molar-refractivity contribution >= 4 is 44.7 Å². The van der Waals surface area contributed by atoms with Gasteiger partial charge in [0.05, 0.1) is 10.7 Å². The molecule has 1 aromatic carbocycles. The average molecular weight is 302 g/mol. The Bertz CT molecular complexity index is 524. The maximum Gasteiger partial charge on any atom is 0.175 e. The number of benzene rings is 1. The molecular weight excluding hydrogens is 291 g/mol. The van der Waals surface area contributed by atoms with E-state index < -0.39 is 0 Å². The van der Waals surface area contributed by atoms with Gasteiger partial charge in [-0.25, -0.2) is 0 Å². The minimum Gasteiger partial charge on any atom is -0.394 e. The molecule has 16 heavy (non-hydrogen) atoms. The highest BCUT2D eigenvalue weighted by Gasteiger charge is 2.05. The molecule has 2 aromatic rings. The summed E-state index contributed by atoms with van der Waals surface area (Å²) < 4.78 is 2.51. The molecule has 0 atom stereocenters. The number of halogens is 2. The van der Waals surface area contributed by atoms with E-state index in [0.29, 0.717) is 16.5 Å². The molecule has 2 rings (SSSR count). The van der Waals surface area contributed by atoms with Gasteiger partial charge in [0.1, 0.15) is 0 Å². The maximum atomic E-state index is 5.98. The van der Waals surface area contributed by atoms with Crippen molar-refractivity contribution in [2.24, 2.45) is 7.05 Å². The highest BCUT2D eigenvalue weighted by molar-refractivity contribution is 9.10. The van der Waals surface area contributed by atoms with Gasteiger partial charge in [-0.15, -0.1) is 0 Å². The lowest BCUT2D eigenvalue weighted by Gasteiger charge is -2.05. The zero-order valence-electron chi connectivity index (χ0n) is 8.54. The van der Waals surface area contributed by atoms with Crippen molar-refractivity contribution in [1.82, 2.24) is 9.78 Å². The van der Waals surface area contributed by atoms with Crippen molar-refractivity contribution in [3.63, 3.8) is 0 Å². The SMILES string of the molecule is Cn1cc(N)c(Nc2ccc(Br)c(Cl)c2)n1. The smallest absolute Gasteiger partial charge is 0.175 e. The Morgan fingerprint density at radius 1 is 1.50 bits per heavy atom. The number of nitrogen functional groups attached to an aromatic ring is 1. The molecule has 0 aliphatic rings. The van der Waals surface area contributed by atoms with E-state index >= 15 is 0 Å². The van der Waals surface area contributed by atoms with E-state index in [0.717, 1.165) is 10.2 Å². The predicted molar refractivity (Wildman–Crippen MR) is 70.1 cm³/mol. The van der Waals surface area contributed by atoms with E-state index in [-0.39, 0.29) is 0 Å². The molecule has 0 saturated heterocycles. The lowest BCUT2D eigenvalue weighted by molar-refractivity contribution is 0.771. The minimum absolute atomic E-state index is 0.599. The van der Waals surface area contributed by atoms with Crippen molar-refractivity contribution in [2.45, 2.75) is 0 Å². The zero-order valence-corrected chi connectivity index (χ0v) is 10.9. The van der Waals surface area contributed by atoms with Crippen LogP contribution in [0.2, 0.25) is 5.02 Å². The number of hydrogen-bond acceptors (Lipinski definition) is 3. The van der Waals surface area contributed by atoms with Gasteiger partial charge in [-0.1, -0.05) is 11.6 Å². The fourth-order valence-corrected chi connectivity index (χ4v) is 1.74. The fourth-order valence-electron chi connectivity index (χ4n) is 1.31. The molecule has 0 bridgehead atoms. The summed E-state index contributed by atoms with van der Waals surface area (Å²) in [5.74, 6) is 0.626. The third kappa shape index (κ3) is 2.31. The van der Waals surface area contributed by atoms with Gasteiger partial charge in [0.2, 0.25) is 0 Å². The Labute approximate surface area is 107 Å². The van der Waals surface area contributed by atoms with Crippen LogP contribution in [0.5, 0.6) is 0 Å². The second kappa shape index (κ2) is 4.35. The van der Waals surface area contributed by atoms with Crippen molar-refractivity contribution < 1.29 is 0 Å². The first-order valence-corrected chi connectivity index (χ1v) is 5.74. The summed E-state index contributed by atoms with van der Waals surface area (Å²) in [6.07, 6.45) is 1.74. The molecule has 0 unspecified atom stereocenters. The van der Waals surface area contributed by atoms with E-state index in [4.69, 9.17) is 17.3 Å². The molecule has 1 aromatic heterocycles. The number of anilines is 3. The van der Waals surface area contributed by atoms with Crippen molar-refractivity contribution in [1.29, 1.82) is 0 Å². The van der Waals surface area contributed by atoms with E-state index in [1.165, 1.54) is 0 Å². The van der Waals surface area contributed by atoms with Gasteiger partial charge < -0.3 is 11.1 Å². The molecule has 0 saturated carbocycles. The van der Waals surface area contributed by atoms with Gasteiger partial charge in [-0.3, -0.25) is 4.68 Å². The lowest BCUT2D eigenvalue weighted by Crippen LogP contribution is -1.95. The Hall–Kier alpha value is -1.20. The van der Waals surface area contributed by atoms with Crippen molar-refractivity contribution in [2.75, 3.05) is 11.1 Å². The van der Waals surface area contributed by atoms with Crippen LogP contribution in [0.25, 0.3) is 0 Å². The number of aryl methyl sites for hydroxylation is 1. The topological polar surface area (TPSA) is 55.9 Å². The van der Waals surface area contributed by atoms with Crippen molar-refractivity contribution in [3.05, 3.63) is 33.9 Å². The average Bonchev–Trinajstić information content (AvgIpc) is 2.51. The van der Waals surface area contributed by atoms with E-state index in [9.17, 15) is 0 Å². The second-order valence-corrected chi connectivity index (χ2v) is 4.62. The minimum atomic E-state index is 0.599. The summed E-state index contributed by atoms with van der Waals surface area (Å²) in [6, 6.07) is 5.56. The maximum absolute atomic E-state index is 5.98. The molecule has 0 fully saturated rings. The van der Waals surface area contributed by atoms with Crippen molar-refractivity contribution in [3.8, 4) is 0 Å². The van der Waals surface area contributed by atoms with Crippen LogP contribution in [0, 0.1) is 0 Å². The third-order valence-corrected chi connectivity index (χ3v) is 3.27. The molecule has 3 N–H and O–H groups in total. The summed E-state index contributed by atoms with van der Waals surface area (Å²) in [5, 5.41) is 7.92. The van der Waals surface area contributed by atoms with Gasteiger partial charge in [0.25, 0.3) is 0 Å². The van der Waals surface area contributed by atoms with E-state index in [2.05, 4.69) is 26.3 Å². The molecule has 0 radical (unpaired) electrons. The third-order valence-electron chi connectivity index (χ3n) is 2.04. The molecule has 0 aliphatic heterocycles. The van der Waals surface area contributed by atoms with Crippen LogP contribution < -0.4 is 11.1 Å². The van der Waals surface area contributed by atoms with Crippen LogP contribution in [-0.4, -0.2) is 9.78 Å². The fraction of sp³-hybridized carbons (Fsp3) is 0.100. The number of nitrogens with one attached hydrogen (secondary N) is 1. The molecule has 4 nitrogen and oxygen atoms in total. The van der Waals surface area contributed by atoms with Crippen LogP contribution in [-0.2, 0) is 7.05 Å². The van der Waals surface area contributed by atoms with E-state index in [1.807, 2.05) is 19.2 Å². The largest absolute Gasteiger partial charge is 0.394 e. The Morgan fingerprint density at radius 3 is 2.81 bits per heavy atom. The highest BCUT2D eigenvalue weighted by atomic mass is 79.9. The molecule has 84 valence electrons. The Balaban J connectivity index is 2.27. The van der Waals surface area contributed by atoms with Crippen LogP contribution in [0.1, 0.15) is 0 Å². The number of rotatable bonds is 2. The summed E-state index contributed by atoms with van der Waals surface area (Å²) in [6.45, 7) is 0. The van der Waals surface area contributed by atoms with Gasteiger partial charge >= 0.3 is 0 Å². The summed E-state index contributed by atoms with van der Waals surface area (Å²) in [5.41, 5.74) is 7.21. The van der Waals surface area contributed by atoms with E-state index in [1.54, 1.807) is 16.9 Å². The van der Waals surface area contributed by atoms with Crippen LogP contribution in [0.15, 0.2) is 28.9 Å². The number of aromatic nitrogens is 2. The van der Waals surface area contributed by atoms with Crippen LogP contribution >= 0.6 is 27.5 Å². The number of hydrogen-bond donors (Lipinski definition) is 2. The summed E-state index contributed by atoms with van der Waals surface area (Å²) in [4.78, 5) is 0. The lowest BCUT2D eigenvalue weighted by atomic mass is 10.3. The quantitative estimate of drug-likeness (QED) is 0.896. The second-order valence-electron chi connectivity index (χ2n) is 3.36. The summed E-state index contributed by atoms with van der Waals surface area (Å²) in [7, 11) is 1.82. The molecule has 6 heteroatoms. The molecular formula is C10H10BrClN4. The van der Waals surface area contributed by atoms with Crippen LogP contribution in [0.4, 0.5) is 17.2 Å². The van der Waals surface area contributed by atoms with Gasteiger partial charge in [-0.05, 0) is 34.1 Å². The number of nitrogens with two attached hydrogens (primary N) is 1. The normalized spacial score (nSPS) is 10.4. The number of nitrogens with zero attached hydrogens (tertiary/aromatic N) is 2. The zero-order chi connectivity index (χ0) is 11.7. The molecule has 0 spiro atoms. The Morgan fingerprint density at radius 2 is 2.25 bits per heavy atom. The Kier molecular flexibility index (Phi) is 3.07. The van der Waals surface area contributed by atoms with Gasteiger partial charge in [0, 0.05) is 23.4 Å². The molecule has 1 heterocycles. The first-order chi connectivity index (χ1) is 7.56. The molecule has 0 aliphatic carbocycles. The first-order valence-electron chi connectivity index (χ1n) is 4.57. The van der Waals surface area contributed by atoms with Gasteiger partial charge in [0.15, 0.2) is 5.82 Å². The summed E-state index contributed by atoms with van der Waals surface area (Å²) >= 11 is 9.31. The standard InChI is InChI=1S/C10H10BrClN4/c1-16-5-9(13)10(15-16)14-6-2-3-7(11)8(12)4-6/h2-5H,13H2,1H3,(H,14,15). The first kappa shape index (κ1) is 11.3. The molecule has 0 amide bonds. The highest BCUT2D eigenvalue weighted by Crippen LogP contribution is 2.28. The van der Waals surface area contributed by atoms with Crippen LogP contribution in [0.3, 0.4) is 0 Å². The predicted octanol–water partition coefficient (Wildman–Crippen LogP) is 3.16. The monoisotopic (exact) mass is 300 g/mol.